The number of benzene rings is 3. The van der Waals surface area contributed by atoms with Gasteiger partial charge in [-0.1, -0.05) is 12.1 Å². The molecule has 3 aromatic rings. The van der Waals surface area contributed by atoms with Gasteiger partial charge in [-0.25, -0.2) is 0 Å². The second-order valence-electron chi connectivity index (χ2n) is 5.83. The van der Waals surface area contributed by atoms with E-state index < -0.39 is 0 Å². The highest BCUT2D eigenvalue weighted by Gasteiger charge is 2.13. The number of nitrogens with zero attached hydrogens (tertiary/aromatic N) is 4. The third kappa shape index (κ3) is 3.75. The van der Waals surface area contributed by atoms with Gasteiger partial charge in [0.1, 0.15) is 11.5 Å². The third-order valence-corrected chi connectivity index (χ3v) is 3.89. The van der Waals surface area contributed by atoms with Crippen LogP contribution in [0, 0.1) is 0 Å². The van der Waals surface area contributed by atoms with Crippen molar-refractivity contribution in [2.75, 3.05) is 0 Å². The molecule has 10 nitrogen and oxygen atoms in total. The molecule has 0 heterocycles. The van der Waals surface area contributed by atoms with E-state index in [1.54, 1.807) is 24.3 Å². The van der Waals surface area contributed by atoms with Crippen LogP contribution in [0.3, 0.4) is 0 Å². The van der Waals surface area contributed by atoms with Gasteiger partial charge in [0.2, 0.25) is 11.9 Å². The van der Waals surface area contributed by atoms with Gasteiger partial charge in [-0.3, -0.25) is 0 Å². The molecule has 0 spiro atoms. The average molecular weight is 378 g/mol. The molecule has 0 bridgehead atoms. The molecule has 0 aliphatic rings. The summed E-state index contributed by atoms with van der Waals surface area (Å²) in [6, 6.07) is 9.65. The van der Waals surface area contributed by atoms with E-state index in [1.807, 2.05) is 0 Å². The number of phenolic OH excluding ortho intramolecular Hbond substituents is 2. The lowest BCUT2D eigenvalue weighted by molar-refractivity contribution is 0.475. The van der Waals surface area contributed by atoms with Crippen LogP contribution in [0.4, 0.5) is 0 Å². The smallest absolute Gasteiger partial charge is 0.211 e. The second kappa shape index (κ2) is 7.50. The minimum absolute atomic E-state index is 0.0641. The van der Waals surface area contributed by atoms with Crippen LogP contribution < -0.4 is 22.9 Å². The predicted molar refractivity (Wildman–Crippen MR) is 112 cm³/mol. The Bertz CT molecular complexity index is 1080. The molecule has 0 saturated heterocycles. The Morgan fingerprint density at radius 1 is 0.643 bits per heavy atom. The third-order valence-electron chi connectivity index (χ3n) is 3.89. The summed E-state index contributed by atoms with van der Waals surface area (Å²) in [5, 5.41) is 37.8. The van der Waals surface area contributed by atoms with Gasteiger partial charge < -0.3 is 33.1 Å². The monoisotopic (exact) mass is 378 g/mol. The van der Waals surface area contributed by atoms with Crippen LogP contribution in [0.25, 0.3) is 21.5 Å². The normalized spacial score (nSPS) is 11.4. The first-order valence-corrected chi connectivity index (χ1v) is 8.02. The summed E-state index contributed by atoms with van der Waals surface area (Å²) < 4.78 is 0. The van der Waals surface area contributed by atoms with Gasteiger partial charge in [-0.15, -0.1) is 10.2 Å². The van der Waals surface area contributed by atoms with Crippen molar-refractivity contribution in [2.45, 2.75) is 0 Å². The molecule has 3 aromatic carbocycles. The number of fused-ring (bicyclic) bond motifs is 2. The number of rotatable bonds is 4. The minimum Gasteiger partial charge on any atom is -0.508 e. The van der Waals surface area contributed by atoms with E-state index in [0.29, 0.717) is 21.9 Å². The maximum absolute atomic E-state index is 9.98. The highest BCUT2D eigenvalue weighted by molar-refractivity contribution is 6.21. The Morgan fingerprint density at radius 2 is 1.04 bits per heavy atom. The lowest BCUT2D eigenvalue weighted by Gasteiger charge is -2.12. The van der Waals surface area contributed by atoms with Crippen molar-refractivity contribution in [1.29, 1.82) is 0 Å². The first-order chi connectivity index (χ1) is 13.4. The summed E-state index contributed by atoms with van der Waals surface area (Å²) in [5.41, 5.74) is 22.6. The summed E-state index contributed by atoms with van der Waals surface area (Å²) in [4.78, 5) is 0. The maximum atomic E-state index is 9.98. The average Bonchev–Trinajstić information content (AvgIpc) is 2.62. The number of hydrogen-bond donors (Lipinski definition) is 6. The first kappa shape index (κ1) is 18.5. The lowest BCUT2D eigenvalue weighted by Crippen LogP contribution is -2.21. The van der Waals surface area contributed by atoms with Gasteiger partial charge in [-0.2, -0.15) is 10.2 Å². The fraction of sp³-hybridized carbons (Fsp3) is 0. The quantitative estimate of drug-likeness (QED) is 0.166. The van der Waals surface area contributed by atoms with E-state index in [1.165, 1.54) is 24.6 Å². The fourth-order valence-electron chi connectivity index (χ4n) is 2.85. The van der Waals surface area contributed by atoms with Gasteiger partial charge in [0.25, 0.3) is 0 Å². The van der Waals surface area contributed by atoms with Crippen molar-refractivity contribution >= 4 is 45.9 Å². The highest BCUT2D eigenvalue weighted by Crippen LogP contribution is 2.35. The SMILES string of the molecule is NC(N)=NN=Cc1c2ccc(O)cc2c(C=NN=C(N)N)c2ccc(O)cc12. The van der Waals surface area contributed by atoms with Crippen molar-refractivity contribution in [3.8, 4) is 11.5 Å². The van der Waals surface area contributed by atoms with Crippen LogP contribution in [-0.4, -0.2) is 34.6 Å². The molecule has 0 atom stereocenters. The Morgan fingerprint density at radius 3 is 1.39 bits per heavy atom. The largest absolute Gasteiger partial charge is 0.508 e. The topological polar surface area (TPSA) is 194 Å². The van der Waals surface area contributed by atoms with Crippen molar-refractivity contribution in [1.82, 2.24) is 0 Å². The Hall–Kier alpha value is -4.34. The van der Waals surface area contributed by atoms with E-state index in [2.05, 4.69) is 20.4 Å². The predicted octanol–water partition coefficient (Wildman–Crippen LogP) is 0.619. The van der Waals surface area contributed by atoms with Gasteiger partial charge >= 0.3 is 0 Å². The molecule has 3 rings (SSSR count). The minimum atomic E-state index is -0.189. The number of phenols is 2. The molecule has 142 valence electrons. The summed E-state index contributed by atoms with van der Waals surface area (Å²) in [6.45, 7) is 0. The van der Waals surface area contributed by atoms with Gasteiger partial charge in [0, 0.05) is 11.1 Å². The molecule has 0 fully saturated rings. The van der Waals surface area contributed by atoms with E-state index in [9.17, 15) is 10.2 Å². The molecule has 0 aliphatic carbocycles. The van der Waals surface area contributed by atoms with E-state index in [-0.39, 0.29) is 23.4 Å². The molecule has 10 N–H and O–H groups in total. The Balaban J connectivity index is 2.43. The van der Waals surface area contributed by atoms with E-state index in [0.717, 1.165) is 10.8 Å². The molecular weight excluding hydrogens is 360 g/mol. The molecule has 0 saturated carbocycles. The Kier molecular flexibility index (Phi) is 4.94. The van der Waals surface area contributed by atoms with Crippen LogP contribution in [0.1, 0.15) is 11.1 Å². The molecule has 28 heavy (non-hydrogen) atoms. The molecule has 0 aliphatic heterocycles. The van der Waals surface area contributed by atoms with Crippen molar-refractivity contribution < 1.29 is 10.2 Å². The van der Waals surface area contributed by atoms with E-state index >= 15 is 0 Å². The van der Waals surface area contributed by atoms with E-state index in [4.69, 9.17) is 22.9 Å². The fourth-order valence-corrected chi connectivity index (χ4v) is 2.85. The van der Waals surface area contributed by atoms with Gasteiger partial charge in [-0.05, 0) is 45.8 Å². The molecule has 0 aromatic heterocycles. The summed E-state index contributed by atoms with van der Waals surface area (Å²) >= 11 is 0. The molecule has 0 unspecified atom stereocenters. The zero-order valence-electron chi connectivity index (χ0n) is 14.6. The van der Waals surface area contributed by atoms with Crippen LogP contribution in [0.2, 0.25) is 0 Å². The maximum Gasteiger partial charge on any atom is 0.211 e. The number of hydrogen-bond acceptors (Lipinski definition) is 6. The molecule has 0 radical (unpaired) electrons. The number of guanidine groups is 2. The van der Waals surface area contributed by atoms with Crippen LogP contribution in [0.5, 0.6) is 11.5 Å². The lowest BCUT2D eigenvalue weighted by atomic mass is 9.92. The van der Waals surface area contributed by atoms with Crippen molar-refractivity contribution in [3.63, 3.8) is 0 Å². The Labute approximate surface area is 159 Å². The van der Waals surface area contributed by atoms with Crippen molar-refractivity contribution in [3.05, 3.63) is 47.5 Å². The summed E-state index contributed by atoms with van der Waals surface area (Å²) in [6.07, 6.45) is 2.94. The standard InChI is InChI=1S/C18H18N8O2/c19-17(20)25-23-7-15-11-3-1-9(27)5-13(11)16(8-24-26-18(21)22)12-4-2-10(28)6-14(12)15/h1-8,27-28H,(H4,19,20,25)(H4,21,22,26). The van der Waals surface area contributed by atoms with Crippen molar-refractivity contribution in [2.24, 2.45) is 43.3 Å². The molecule has 0 amide bonds. The highest BCUT2D eigenvalue weighted by atomic mass is 16.3. The van der Waals surface area contributed by atoms with Gasteiger partial charge in [0.05, 0.1) is 12.4 Å². The first-order valence-electron chi connectivity index (χ1n) is 8.02. The zero-order valence-corrected chi connectivity index (χ0v) is 14.6. The van der Waals surface area contributed by atoms with Crippen LogP contribution >= 0.6 is 0 Å². The molecule has 10 heteroatoms. The summed E-state index contributed by atoms with van der Waals surface area (Å²) in [7, 11) is 0. The summed E-state index contributed by atoms with van der Waals surface area (Å²) in [5.74, 6) is -0.249. The van der Waals surface area contributed by atoms with Crippen LogP contribution in [0.15, 0.2) is 56.8 Å². The second-order valence-corrected chi connectivity index (χ2v) is 5.83. The number of nitrogens with two attached hydrogens (primary N) is 4. The van der Waals surface area contributed by atoms with Gasteiger partial charge in [0.15, 0.2) is 0 Å². The molecular formula is C18H18N8O2. The van der Waals surface area contributed by atoms with Crippen LogP contribution in [-0.2, 0) is 0 Å². The number of aromatic hydroxyl groups is 2. The zero-order chi connectivity index (χ0) is 20.3.